The van der Waals surface area contributed by atoms with Crippen LogP contribution in [0.25, 0.3) is 0 Å². The van der Waals surface area contributed by atoms with Gasteiger partial charge in [0, 0.05) is 32.4 Å². The first kappa shape index (κ1) is 19.8. The van der Waals surface area contributed by atoms with Gasteiger partial charge in [0.05, 0.1) is 17.7 Å². The molecule has 4 rings (SSSR count). The van der Waals surface area contributed by atoms with Crippen molar-refractivity contribution >= 4 is 17.5 Å². The maximum atomic E-state index is 13.5. The van der Waals surface area contributed by atoms with Gasteiger partial charge in [0.2, 0.25) is 11.8 Å². The molecule has 0 fully saturated rings. The highest BCUT2D eigenvalue weighted by Crippen LogP contribution is 2.45. The van der Waals surface area contributed by atoms with Gasteiger partial charge in [-0.3, -0.25) is 14.6 Å². The van der Waals surface area contributed by atoms with E-state index in [9.17, 15) is 9.59 Å². The zero-order valence-corrected chi connectivity index (χ0v) is 17.3. The summed E-state index contributed by atoms with van der Waals surface area (Å²) in [5.74, 6) is -0.109. The Bertz CT molecular complexity index is 1050. The number of fused-ring (bicyclic) bond motifs is 1. The molecule has 0 aliphatic carbocycles. The minimum Gasteiger partial charge on any atom is -0.340 e. The maximum absolute atomic E-state index is 13.5. The van der Waals surface area contributed by atoms with E-state index in [1.54, 1.807) is 30.1 Å². The molecule has 1 aliphatic heterocycles. The molecule has 0 saturated heterocycles. The van der Waals surface area contributed by atoms with Gasteiger partial charge in [-0.05, 0) is 35.7 Å². The van der Waals surface area contributed by atoms with Crippen LogP contribution in [-0.4, -0.2) is 35.8 Å². The Kier molecular flexibility index (Phi) is 5.36. The zero-order valence-electron chi connectivity index (χ0n) is 17.3. The lowest BCUT2D eigenvalue weighted by Gasteiger charge is -2.30. The summed E-state index contributed by atoms with van der Waals surface area (Å²) in [7, 11) is 3.55. The van der Waals surface area contributed by atoms with Gasteiger partial charge in [0.15, 0.2) is 0 Å². The van der Waals surface area contributed by atoms with Crippen LogP contribution in [-0.2, 0) is 28.0 Å². The smallest absolute Gasteiger partial charge is 0.238 e. The van der Waals surface area contributed by atoms with Crippen LogP contribution in [0.3, 0.4) is 0 Å². The number of para-hydroxylation sites is 1. The van der Waals surface area contributed by atoms with E-state index in [4.69, 9.17) is 0 Å². The SMILES string of the molecule is CN(Cc1ccccn1)C(=O)C[C@@]1(Cc2ccccc2)C(=O)N(C)c2ccccc21. The average Bonchev–Trinajstić information content (AvgIpc) is 2.97. The van der Waals surface area contributed by atoms with Crippen LogP contribution in [0, 0.1) is 0 Å². The average molecular weight is 399 g/mol. The number of amides is 2. The summed E-state index contributed by atoms with van der Waals surface area (Å²) in [4.78, 5) is 34.5. The molecule has 0 spiro atoms. The summed E-state index contributed by atoms with van der Waals surface area (Å²) in [5, 5.41) is 0. The van der Waals surface area contributed by atoms with Gasteiger partial charge in [-0.15, -0.1) is 0 Å². The van der Waals surface area contributed by atoms with Crippen molar-refractivity contribution in [1.82, 2.24) is 9.88 Å². The Balaban J connectivity index is 1.68. The van der Waals surface area contributed by atoms with Crippen molar-refractivity contribution in [3.8, 4) is 0 Å². The van der Waals surface area contributed by atoms with E-state index in [1.165, 1.54) is 0 Å². The van der Waals surface area contributed by atoms with E-state index >= 15 is 0 Å². The highest BCUT2D eigenvalue weighted by Gasteiger charge is 2.51. The molecule has 2 aromatic carbocycles. The minimum atomic E-state index is -0.915. The molecule has 2 heterocycles. The van der Waals surface area contributed by atoms with Crippen LogP contribution in [0.1, 0.15) is 23.2 Å². The third kappa shape index (κ3) is 3.59. The Morgan fingerprint density at radius 2 is 1.70 bits per heavy atom. The van der Waals surface area contributed by atoms with Crippen LogP contribution in [0.15, 0.2) is 79.0 Å². The molecule has 30 heavy (non-hydrogen) atoms. The quantitative estimate of drug-likeness (QED) is 0.637. The standard InChI is InChI=1S/C25H25N3O2/c1-27(18-20-12-8-9-15-26-20)23(29)17-25(16-19-10-4-3-5-11-19)21-13-6-7-14-22(21)28(2)24(25)30/h3-15H,16-18H2,1-2H3/t25-/m1/s1. The Morgan fingerprint density at radius 3 is 2.43 bits per heavy atom. The first-order chi connectivity index (χ1) is 14.5. The van der Waals surface area contributed by atoms with Crippen molar-refractivity contribution in [2.45, 2.75) is 24.8 Å². The summed E-state index contributed by atoms with van der Waals surface area (Å²) >= 11 is 0. The predicted molar refractivity (Wildman–Crippen MR) is 117 cm³/mol. The number of benzene rings is 2. The molecule has 1 aliphatic rings. The number of hydrogen-bond donors (Lipinski definition) is 0. The lowest BCUT2D eigenvalue weighted by molar-refractivity contribution is -0.135. The van der Waals surface area contributed by atoms with E-state index in [2.05, 4.69) is 4.98 Å². The van der Waals surface area contributed by atoms with Crippen LogP contribution in [0.4, 0.5) is 5.69 Å². The fourth-order valence-electron chi connectivity index (χ4n) is 4.28. The van der Waals surface area contributed by atoms with Gasteiger partial charge >= 0.3 is 0 Å². The van der Waals surface area contributed by atoms with Crippen molar-refractivity contribution < 1.29 is 9.59 Å². The van der Waals surface area contributed by atoms with E-state index < -0.39 is 5.41 Å². The van der Waals surface area contributed by atoms with Gasteiger partial charge in [-0.25, -0.2) is 0 Å². The number of pyridine rings is 1. The van der Waals surface area contributed by atoms with Crippen molar-refractivity contribution in [3.63, 3.8) is 0 Å². The molecule has 2 amide bonds. The topological polar surface area (TPSA) is 53.5 Å². The van der Waals surface area contributed by atoms with E-state index in [0.29, 0.717) is 13.0 Å². The zero-order chi connectivity index (χ0) is 21.1. The van der Waals surface area contributed by atoms with Crippen LogP contribution in [0.2, 0.25) is 0 Å². The number of nitrogens with zero attached hydrogens (tertiary/aromatic N) is 3. The number of likely N-dealkylation sites (N-methyl/N-ethyl adjacent to an activating group) is 1. The first-order valence-electron chi connectivity index (χ1n) is 10.1. The normalized spacial score (nSPS) is 17.7. The summed E-state index contributed by atoms with van der Waals surface area (Å²) < 4.78 is 0. The molecule has 0 N–H and O–H groups in total. The molecule has 1 aromatic heterocycles. The lowest BCUT2D eigenvalue weighted by Crippen LogP contribution is -2.44. The van der Waals surface area contributed by atoms with Gasteiger partial charge < -0.3 is 9.80 Å². The molecular formula is C25H25N3O2. The Labute approximate surface area is 177 Å². The van der Waals surface area contributed by atoms with Gasteiger partial charge in [0.25, 0.3) is 0 Å². The van der Waals surface area contributed by atoms with Crippen molar-refractivity contribution in [3.05, 3.63) is 95.8 Å². The summed E-state index contributed by atoms with van der Waals surface area (Å²) in [6.45, 7) is 0.409. The summed E-state index contributed by atoms with van der Waals surface area (Å²) in [5.41, 5.74) is 2.73. The molecule has 1 atom stereocenters. The van der Waals surface area contributed by atoms with Gasteiger partial charge in [0.1, 0.15) is 0 Å². The molecule has 0 radical (unpaired) electrons. The van der Waals surface area contributed by atoms with Gasteiger partial charge in [-0.2, -0.15) is 0 Å². The molecule has 0 saturated carbocycles. The maximum Gasteiger partial charge on any atom is 0.238 e. The van der Waals surface area contributed by atoms with E-state index in [1.807, 2.05) is 72.8 Å². The van der Waals surface area contributed by atoms with E-state index in [0.717, 1.165) is 22.5 Å². The summed E-state index contributed by atoms with van der Waals surface area (Å²) in [6, 6.07) is 23.4. The number of anilines is 1. The summed E-state index contributed by atoms with van der Waals surface area (Å²) in [6.07, 6.45) is 2.32. The predicted octanol–water partition coefficient (Wildman–Crippen LogP) is 3.59. The molecule has 5 heteroatoms. The fraction of sp³-hybridized carbons (Fsp3) is 0.240. The second-order valence-electron chi connectivity index (χ2n) is 7.87. The number of rotatable bonds is 6. The highest BCUT2D eigenvalue weighted by atomic mass is 16.2. The van der Waals surface area contributed by atoms with Crippen LogP contribution in [0.5, 0.6) is 0 Å². The molecule has 0 unspecified atom stereocenters. The number of carbonyl (C=O) groups excluding carboxylic acids is 2. The van der Waals surface area contributed by atoms with Crippen molar-refractivity contribution in [2.75, 3.05) is 19.0 Å². The molecule has 0 bridgehead atoms. The minimum absolute atomic E-state index is 0.0351. The van der Waals surface area contributed by atoms with Crippen LogP contribution < -0.4 is 4.90 Å². The second kappa shape index (κ2) is 8.11. The fourth-order valence-corrected chi connectivity index (χ4v) is 4.28. The molecular weight excluding hydrogens is 374 g/mol. The van der Waals surface area contributed by atoms with Crippen LogP contribution >= 0.6 is 0 Å². The molecule has 3 aromatic rings. The monoisotopic (exact) mass is 399 g/mol. The number of hydrogen-bond acceptors (Lipinski definition) is 3. The van der Waals surface area contributed by atoms with Crippen molar-refractivity contribution in [1.29, 1.82) is 0 Å². The first-order valence-corrected chi connectivity index (χ1v) is 10.1. The second-order valence-corrected chi connectivity index (χ2v) is 7.87. The Hall–Kier alpha value is -3.47. The van der Waals surface area contributed by atoms with Gasteiger partial charge in [-0.1, -0.05) is 54.6 Å². The molecule has 152 valence electrons. The number of aromatic nitrogens is 1. The number of carbonyl (C=O) groups is 2. The molecule has 5 nitrogen and oxygen atoms in total. The largest absolute Gasteiger partial charge is 0.340 e. The van der Waals surface area contributed by atoms with Crippen molar-refractivity contribution in [2.24, 2.45) is 0 Å². The lowest BCUT2D eigenvalue weighted by atomic mass is 9.73. The van der Waals surface area contributed by atoms with E-state index in [-0.39, 0.29) is 18.2 Å². The highest BCUT2D eigenvalue weighted by molar-refractivity contribution is 6.09. The third-order valence-corrected chi connectivity index (χ3v) is 5.85. The Morgan fingerprint density at radius 1 is 1.00 bits per heavy atom. The third-order valence-electron chi connectivity index (χ3n) is 5.85.